The van der Waals surface area contributed by atoms with Gasteiger partial charge in [0.05, 0.1) is 6.61 Å². The van der Waals surface area contributed by atoms with Crippen molar-refractivity contribution in [3.8, 4) is 5.75 Å². The van der Waals surface area contributed by atoms with Crippen LogP contribution < -0.4 is 4.74 Å². The maximum Gasteiger partial charge on any atom is 0.387 e. The van der Waals surface area contributed by atoms with Gasteiger partial charge < -0.3 is 9.47 Å². The van der Waals surface area contributed by atoms with Crippen molar-refractivity contribution in [1.29, 1.82) is 0 Å². The molecule has 3 nitrogen and oxygen atoms in total. The van der Waals surface area contributed by atoms with Crippen LogP contribution in [0.3, 0.4) is 0 Å². The molecule has 0 aliphatic carbocycles. The summed E-state index contributed by atoms with van der Waals surface area (Å²) in [6, 6.07) is 2.64. The number of carbonyl (C=O) groups is 1. The third-order valence-electron chi connectivity index (χ3n) is 1.73. The Morgan fingerprint density at radius 2 is 1.94 bits per heavy atom. The summed E-state index contributed by atoms with van der Waals surface area (Å²) in [4.78, 5) is 11.5. The van der Waals surface area contributed by atoms with E-state index in [1.807, 2.05) is 0 Å². The topological polar surface area (TPSA) is 35.5 Å². The quantitative estimate of drug-likeness (QED) is 0.748. The molecule has 0 aliphatic heterocycles. The van der Waals surface area contributed by atoms with Gasteiger partial charge in [0, 0.05) is 8.95 Å². The van der Waals surface area contributed by atoms with E-state index in [0.717, 1.165) is 0 Å². The molecule has 0 bridgehead atoms. The molecule has 0 fully saturated rings. The van der Waals surface area contributed by atoms with Crippen LogP contribution in [0.1, 0.15) is 17.3 Å². The molecule has 0 unspecified atom stereocenters. The van der Waals surface area contributed by atoms with E-state index in [9.17, 15) is 13.6 Å². The predicted molar refractivity (Wildman–Crippen MR) is 64.4 cm³/mol. The number of hydrogen-bond acceptors (Lipinski definition) is 3. The van der Waals surface area contributed by atoms with Gasteiger partial charge in [0.1, 0.15) is 11.3 Å². The average Bonchev–Trinajstić information content (AvgIpc) is 2.22. The largest absolute Gasteiger partial charge is 0.462 e. The van der Waals surface area contributed by atoms with Crippen LogP contribution in [0, 0.1) is 0 Å². The molecule has 0 heterocycles. The SMILES string of the molecule is CCOC(=O)c1cc(Br)c(Br)cc1OC(F)F. The summed E-state index contributed by atoms with van der Waals surface area (Å²) in [6.45, 7) is -1.23. The normalized spacial score (nSPS) is 10.5. The lowest BCUT2D eigenvalue weighted by atomic mass is 10.2. The van der Waals surface area contributed by atoms with Gasteiger partial charge in [0.25, 0.3) is 0 Å². The number of carbonyl (C=O) groups excluding carboxylic acids is 1. The van der Waals surface area contributed by atoms with E-state index in [1.54, 1.807) is 6.92 Å². The van der Waals surface area contributed by atoms with Crippen LogP contribution in [0.25, 0.3) is 0 Å². The van der Waals surface area contributed by atoms with Crippen LogP contribution >= 0.6 is 31.9 Å². The molecule has 0 aromatic heterocycles. The van der Waals surface area contributed by atoms with E-state index in [4.69, 9.17) is 4.74 Å². The Kier molecular flexibility index (Phi) is 5.32. The summed E-state index contributed by atoms with van der Waals surface area (Å²) in [5.41, 5.74) is -0.0535. The second-order valence-electron chi connectivity index (χ2n) is 2.86. The molecule has 0 spiro atoms. The maximum atomic E-state index is 12.2. The minimum atomic E-state index is -3.00. The Bertz CT molecular complexity index is 424. The first kappa shape index (κ1) is 14.4. The number of halogens is 4. The van der Waals surface area contributed by atoms with E-state index in [2.05, 4.69) is 36.6 Å². The second-order valence-corrected chi connectivity index (χ2v) is 4.57. The van der Waals surface area contributed by atoms with Crippen molar-refractivity contribution in [3.63, 3.8) is 0 Å². The first-order chi connectivity index (χ1) is 7.95. The summed E-state index contributed by atoms with van der Waals surface area (Å²) in [7, 11) is 0. The third kappa shape index (κ3) is 3.92. The average molecular weight is 374 g/mol. The fraction of sp³-hybridized carbons (Fsp3) is 0.300. The van der Waals surface area contributed by atoms with E-state index < -0.39 is 12.6 Å². The van der Waals surface area contributed by atoms with Crippen LogP contribution in [-0.2, 0) is 4.74 Å². The Hall–Kier alpha value is -0.690. The van der Waals surface area contributed by atoms with Gasteiger partial charge in [0.2, 0.25) is 0 Å². The van der Waals surface area contributed by atoms with Crippen molar-refractivity contribution in [2.75, 3.05) is 6.61 Å². The van der Waals surface area contributed by atoms with Gasteiger partial charge in [-0.2, -0.15) is 8.78 Å². The highest BCUT2D eigenvalue weighted by molar-refractivity contribution is 9.13. The number of benzene rings is 1. The van der Waals surface area contributed by atoms with Crippen molar-refractivity contribution in [2.24, 2.45) is 0 Å². The van der Waals surface area contributed by atoms with Crippen LogP contribution in [-0.4, -0.2) is 19.2 Å². The van der Waals surface area contributed by atoms with E-state index >= 15 is 0 Å². The zero-order chi connectivity index (χ0) is 13.0. The lowest BCUT2D eigenvalue weighted by molar-refractivity contribution is -0.0504. The summed E-state index contributed by atoms with van der Waals surface area (Å²) < 4.78 is 34.4. The smallest absolute Gasteiger partial charge is 0.387 e. The number of hydrogen-bond donors (Lipinski definition) is 0. The molecule has 94 valence electrons. The number of esters is 1. The summed E-state index contributed by atoms with van der Waals surface area (Å²) in [5.74, 6) is -0.940. The highest BCUT2D eigenvalue weighted by atomic mass is 79.9. The van der Waals surface area contributed by atoms with Crippen molar-refractivity contribution in [3.05, 3.63) is 26.6 Å². The summed E-state index contributed by atoms with van der Waals surface area (Å²) >= 11 is 6.30. The Morgan fingerprint density at radius 3 is 2.47 bits per heavy atom. The van der Waals surface area contributed by atoms with Crippen LogP contribution in [0.5, 0.6) is 5.75 Å². The molecule has 0 atom stereocenters. The molecule has 1 aromatic rings. The van der Waals surface area contributed by atoms with Crippen molar-refractivity contribution < 1.29 is 23.0 Å². The van der Waals surface area contributed by atoms with Gasteiger partial charge >= 0.3 is 12.6 Å². The molecule has 0 amide bonds. The maximum absolute atomic E-state index is 12.2. The lowest BCUT2D eigenvalue weighted by Crippen LogP contribution is -2.10. The minimum Gasteiger partial charge on any atom is -0.462 e. The van der Waals surface area contributed by atoms with Gasteiger partial charge in [-0.3, -0.25) is 0 Å². The second kappa shape index (κ2) is 6.30. The van der Waals surface area contributed by atoms with Crippen LogP contribution in [0.2, 0.25) is 0 Å². The fourth-order valence-corrected chi connectivity index (χ4v) is 1.76. The molecule has 0 N–H and O–H groups in total. The summed E-state index contributed by atoms with van der Waals surface area (Å²) in [5, 5.41) is 0. The number of ether oxygens (including phenoxy) is 2. The third-order valence-corrected chi connectivity index (χ3v) is 3.58. The van der Waals surface area contributed by atoms with E-state index in [-0.39, 0.29) is 17.9 Å². The number of rotatable bonds is 4. The molecule has 17 heavy (non-hydrogen) atoms. The molecular weight excluding hydrogens is 366 g/mol. The Morgan fingerprint density at radius 1 is 1.35 bits per heavy atom. The number of alkyl halides is 2. The van der Waals surface area contributed by atoms with Crippen molar-refractivity contribution >= 4 is 37.8 Å². The van der Waals surface area contributed by atoms with Crippen molar-refractivity contribution in [1.82, 2.24) is 0 Å². The molecule has 0 radical (unpaired) electrons. The Balaban J connectivity index is 3.15. The Labute approximate surface area is 113 Å². The van der Waals surface area contributed by atoms with Gasteiger partial charge in [-0.1, -0.05) is 0 Å². The highest BCUT2D eigenvalue weighted by Gasteiger charge is 2.19. The molecule has 0 aliphatic rings. The first-order valence-corrected chi connectivity index (χ1v) is 6.15. The highest BCUT2D eigenvalue weighted by Crippen LogP contribution is 2.32. The molecular formula is C10H8Br2F2O3. The van der Waals surface area contributed by atoms with Gasteiger partial charge in [-0.05, 0) is 50.9 Å². The van der Waals surface area contributed by atoms with Crippen LogP contribution in [0.15, 0.2) is 21.1 Å². The molecule has 1 aromatic carbocycles. The molecule has 1 rings (SSSR count). The van der Waals surface area contributed by atoms with E-state index in [1.165, 1.54) is 12.1 Å². The molecule has 0 saturated carbocycles. The van der Waals surface area contributed by atoms with Crippen LogP contribution in [0.4, 0.5) is 8.78 Å². The lowest BCUT2D eigenvalue weighted by Gasteiger charge is -2.11. The van der Waals surface area contributed by atoms with Gasteiger partial charge in [-0.15, -0.1) is 0 Å². The zero-order valence-electron chi connectivity index (χ0n) is 8.68. The predicted octanol–water partition coefficient (Wildman–Crippen LogP) is 3.99. The van der Waals surface area contributed by atoms with Gasteiger partial charge in [0.15, 0.2) is 0 Å². The fourth-order valence-electron chi connectivity index (χ4n) is 1.09. The first-order valence-electron chi connectivity index (χ1n) is 4.56. The zero-order valence-corrected chi connectivity index (χ0v) is 11.8. The van der Waals surface area contributed by atoms with Crippen molar-refractivity contribution in [2.45, 2.75) is 13.5 Å². The minimum absolute atomic E-state index is 0.0535. The van der Waals surface area contributed by atoms with E-state index in [0.29, 0.717) is 8.95 Å². The monoisotopic (exact) mass is 372 g/mol. The molecule has 7 heteroatoms. The standard InChI is InChI=1S/C10H8Br2F2O3/c1-2-16-9(15)5-3-6(11)7(12)4-8(5)17-10(13)14/h3-4,10H,2H2,1H3. The van der Waals surface area contributed by atoms with Gasteiger partial charge in [-0.25, -0.2) is 4.79 Å². The summed E-state index contributed by atoms with van der Waals surface area (Å²) in [6.07, 6.45) is 0. The molecule has 0 saturated heterocycles.